The SMILES string of the molecule is C\C(C=C=C1C(C)(C)CC(OC(=O)N2CCOCC2)C[C@@]1(C)O)=C/C=C/C(C)=C/C=C/C=C(C)/C=C/C=C(\C)C(=O)CC12OC1(C)CC(OC(=O)N1CCOCC1)CC2(C)C. The van der Waals surface area contributed by atoms with Crippen molar-refractivity contribution in [2.45, 2.75) is 130 Å². The Balaban J connectivity index is 1.08. The van der Waals surface area contributed by atoms with Crippen LogP contribution in [0.25, 0.3) is 0 Å². The van der Waals surface area contributed by atoms with Gasteiger partial charge < -0.3 is 38.6 Å². The van der Waals surface area contributed by atoms with E-state index in [4.69, 9.17) is 23.7 Å². The molecule has 334 valence electrons. The number of aliphatic hydroxyl groups is 1. The number of allylic oxidation sites excluding steroid dienone is 14. The molecule has 5 fully saturated rings. The molecule has 1 N–H and O–H groups in total. The summed E-state index contributed by atoms with van der Waals surface area (Å²) in [5, 5.41) is 11.4. The quantitative estimate of drug-likeness (QED) is 0.0886. The molecular weight excluding hydrogens is 773 g/mol. The number of hydrogen-bond donors (Lipinski definition) is 1. The van der Waals surface area contributed by atoms with Gasteiger partial charge >= 0.3 is 12.2 Å². The maximum Gasteiger partial charge on any atom is 0.410 e. The molecule has 0 spiro atoms. The average Bonchev–Trinajstić information content (AvgIpc) is 3.80. The Labute approximate surface area is 364 Å². The van der Waals surface area contributed by atoms with Crippen molar-refractivity contribution in [2.24, 2.45) is 10.8 Å². The molecular formula is C50H70N2O9. The van der Waals surface area contributed by atoms with Gasteiger partial charge in [-0.2, -0.15) is 0 Å². The van der Waals surface area contributed by atoms with Crippen LogP contribution in [-0.2, 0) is 28.5 Å². The normalized spacial score (nSPS) is 31.0. The first-order chi connectivity index (χ1) is 28.7. The number of Topliss-reactive ketones (excluding diaryl/α,β-unsaturated/α-hetero) is 1. The molecule has 3 aliphatic heterocycles. The van der Waals surface area contributed by atoms with Crippen LogP contribution in [0.15, 0.2) is 100 Å². The van der Waals surface area contributed by atoms with Crippen LogP contribution in [-0.4, -0.2) is 114 Å². The van der Waals surface area contributed by atoms with Gasteiger partial charge in [-0.25, -0.2) is 9.59 Å². The van der Waals surface area contributed by atoms with Gasteiger partial charge in [0.15, 0.2) is 5.78 Å². The minimum atomic E-state index is -1.16. The van der Waals surface area contributed by atoms with E-state index in [9.17, 15) is 19.5 Å². The number of ether oxygens (including phenoxy) is 5. The van der Waals surface area contributed by atoms with E-state index in [2.05, 4.69) is 33.4 Å². The van der Waals surface area contributed by atoms with Gasteiger partial charge in [-0.1, -0.05) is 99.6 Å². The zero-order valence-corrected chi connectivity index (χ0v) is 38.3. The highest BCUT2D eigenvalue weighted by Crippen LogP contribution is 2.67. The highest BCUT2D eigenvalue weighted by Gasteiger charge is 2.76. The topological polar surface area (TPSA) is 127 Å². The highest BCUT2D eigenvalue weighted by atomic mass is 16.6. The van der Waals surface area contributed by atoms with Gasteiger partial charge in [0.1, 0.15) is 17.8 Å². The molecule has 2 aliphatic carbocycles. The zero-order valence-electron chi connectivity index (χ0n) is 38.3. The average molecular weight is 843 g/mol. The molecule has 11 nitrogen and oxygen atoms in total. The van der Waals surface area contributed by atoms with Crippen LogP contribution in [0.3, 0.4) is 0 Å². The number of fused-ring (bicyclic) bond motifs is 1. The van der Waals surface area contributed by atoms with Gasteiger partial charge in [-0.3, -0.25) is 4.79 Å². The number of nitrogens with zero attached hydrogens (tertiary/aromatic N) is 2. The van der Waals surface area contributed by atoms with Crippen LogP contribution in [0.4, 0.5) is 9.59 Å². The first-order valence-corrected chi connectivity index (χ1v) is 21.9. The van der Waals surface area contributed by atoms with Crippen LogP contribution in [0, 0.1) is 10.8 Å². The second-order valence-electron chi connectivity index (χ2n) is 19.2. The predicted molar refractivity (Wildman–Crippen MR) is 238 cm³/mol. The van der Waals surface area contributed by atoms with E-state index in [1.807, 2.05) is 101 Å². The van der Waals surface area contributed by atoms with E-state index in [0.717, 1.165) is 22.3 Å². The molecule has 3 heterocycles. The Morgan fingerprint density at radius 3 is 1.69 bits per heavy atom. The van der Waals surface area contributed by atoms with Gasteiger partial charge in [0.05, 0.1) is 37.6 Å². The number of ketones is 1. The van der Waals surface area contributed by atoms with Crippen molar-refractivity contribution >= 4 is 18.0 Å². The summed E-state index contributed by atoms with van der Waals surface area (Å²) in [5.74, 6) is 0.0545. The van der Waals surface area contributed by atoms with Crippen molar-refractivity contribution in [1.82, 2.24) is 9.80 Å². The lowest BCUT2D eigenvalue weighted by atomic mass is 9.61. The molecule has 61 heavy (non-hydrogen) atoms. The summed E-state index contributed by atoms with van der Waals surface area (Å²) >= 11 is 0. The minimum Gasteiger partial charge on any atom is -0.446 e. The molecule has 0 bridgehead atoms. The molecule has 5 aliphatic rings. The largest absolute Gasteiger partial charge is 0.446 e. The van der Waals surface area contributed by atoms with Crippen molar-refractivity contribution in [2.75, 3.05) is 52.6 Å². The van der Waals surface area contributed by atoms with Crippen LogP contribution in [0.5, 0.6) is 0 Å². The monoisotopic (exact) mass is 843 g/mol. The van der Waals surface area contributed by atoms with Crippen molar-refractivity contribution < 1.29 is 43.2 Å². The van der Waals surface area contributed by atoms with E-state index >= 15 is 0 Å². The molecule has 0 aromatic heterocycles. The number of carbonyl (C=O) groups is 3. The molecule has 4 unspecified atom stereocenters. The smallest absolute Gasteiger partial charge is 0.410 e. The lowest BCUT2D eigenvalue weighted by molar-refractivity contribution is -0.118. The summed E-state index contributed by atoms with van der Waals surface area (Å²) in [5.41, 5.74) is 4.93. The van der Waals surface area contributed by atoms with Crippen molar-refractivity contribution in [1.29, 1.82) is 0 Å². The fourth-order valence-corrected chi connectivity index (χ4v) is 9.50. The number of rotatable bonds is 12. The third-order valence-corrected chi connectivity index (χ3v) is 12.9. The van der Waals surface area contributed by atoms with Gasteiger partial charge in [0.25, 0.3) is 0 Å². The first kappa shape index (κ1) is 47.8. The van der Waals surface area contributed by atoms with Crippen molar-refractivity contribution in [3.05, 3.63) is 100 Å². The van der Waals surface area contributed by atoms with Gasteiger partial charge in [0, 0.05) is 56.4 Å². The second-order valence-corrected chi connectivity index (χ2v) is 19.2. The maximum absolute atomic E-state index is 13.5. The Morgan fingerprint density at radius 2 is 1.18 bits per heavy atom. The number of carbonyl (C=O) groups excluding carboxylic acids is 3. The standard InChI is InChI=1S/C50H70N2O9/c1-36(17-13-18-38(3)21-22-43-46(5,6)31-40(33-48(43,9)56)59-44(54)51-23-27-57-28-24-51)15-11-12-16-37(2)19-14-20-39(4)42(53)35-50-47(7,8)32-41(34-49(50,10)61-50)60-45(55)52-25-29-58-30-26-52/h11-21,40-41,56H,23-35H2,1-10H3/b12-11+,17-13+,19-14+,36-15+,37-16+,38-18+,39-20+/t22?,40?,41?,48-,49?,50?/m1/s1. The third kappa shape index (κ3) is 12.2. The molecule has 11 heteroatoms. The number of amides is 2. The molecule has 0 aromatic rings. The summed E-state index contributed by atoms with van der Waals surface area (Å²) in [4.78, 5) is 42.3. The first-order valence-electron chi connectivity index (χ1n) is 21.9. The van der Waals surface area contributed by atoms with E-state index in [1.54, 1.807) is 16.7 Å². The van der Waals surface area contributed by atoms with Crippen LogP contribution in [0.1, 0.15) is 101 Å². The number of epoxide rings is 1. The van der Waals surface area contributed by atoms with Gasteiger partial charge in [-0.15, -0.1) is 5.73 Å². The van der Waals surface area contributed by atoms with E-state index in [0.29, 0.717) is 83.9 Å². The Kier molecular flexibility index (Phi) is 15.6. The molecule has 2 saturated carbocycles. The van der Waals surface area contributed by atoms with Gasteiger partial charge in [-0.05, 0) is 77.0 Å². The lowest BCUT2D eigenvalue weighted by Gasteiger charge is -2.45. The van der Waals surface area contributed by atoms with Crippen LogP contribution < -0.4 is 0 Å². The summed E-state index contributed by atoms with van der Waals surface area (Å²) in [7, 11) is 0. The zero-order chi connectivity index (χ0) is 44.6. The van der Waals surface area contributed by atoms with Crippen LogP contribution >= 0.6 is 0 Å². The third-order valence-electron chi connectivity index (χ3n) is 12.9. The lowest BCUT2D eigenvalue weighted by Crippen LogP contribution is -2.50. The second kappa shape index (κ2) is 19.9. The Bertz CT molecular complexity index is 1910. The molecule has 2 amide bonds. The number of morpholine rings is 2. The van der Waals surface area contributed by atoms with Crippen molar-refractivity contribution in [3.63, 3.8) is 0 Å². The maximum atomic E-state index is 13.5. The van der Waals surface area contributed by atoms with E-state index in [-0.39, 0.29) is 42.0 Å². The molecule has 5 atom stereocenters. The number of hydrogen-bond acceptors (Lipinski definition) is 9. The van der Waals surface area contributed by atoms with E-state index in [1.165, 1.54) is 0 Å². The Hall–Kier alpha value is -4.25. The Morgan fingerprint density at radius 1 is 0.689 bits per heavy atom. The fraction of sp³-hybridized carbons (Fsp3) is 0.600. The molecule has 3 saturated heterocycles. The van der Waals surface area contributed by atoms with Crippen molar-refractivity contribution in [3.8, 4) is 0 Å². The molecule has 0 radical (unpaired) electrons. The summed E-state index contributed by atoms with van der Waals surface area (Å²) < 4.78 is 28.9. The summed E-state index contributed by atoms with van der Waals surface area (Å²) in [6, 6.07) is 0. The summed E-state index contributed by atoms with van der Waals surface area (Å²) in [6.45, 7) is 24.2. The van der Waals surface area contributed by atoms with Gasteiger partial charge in [0.2, 0.25) is 0 Å². The van der Waals surface area contributed by atoms with Crippen LogP contribution in [0.2, 0.25) is 0 Å². The predicted octanol–water partition coefficient (Wildman–Crippen LogP) is 9.07. The summed E-state index contributed by atoms with van der Waals surface area (Å²) in [6.07, 6.45) is 22.9. The highest BCUT2D eigenvalue weighted by molar-refractivity contribution is 5.96. The van der Waals surface area contributed by atoms with E-state index < -0.39 is 22.2 Å². The minimum absolute atomic E-state index is 0.0545. The molecule has 5 rings (SSSR count). The molecule has 0 aromatic carbocycles. The fourth-order valence-electron chi connectivity index (χ4n) is 9.50.